The van der Waals surface area contributed by atoms with Crippen LogP contribution in [0.5, 0.6) is 0 Å². The van der Waals surface area contributed by atoms with E-state index in [0.29, 0.717) is 0 Å². The third kappa shape index (κ3) is 2.88. The van der Waals surface area contributed by atoms with Gasteiger partial charge in [0, 0.05) is 0 Å². The standard InChI is InChI=1S/C11H7F3N4O2S/c12-11(13,14)8-1-3-9(4-2-8)18-10(21(16,19)20)7(5-15)6-17-18/h1-4,6H,(H2,16,19,20). The summed E-state index contributed by atoms with van der Waals surface area (Å²) in [7, 11) is -4.26. The molecule has 21 heavy (non-hydrogen) atoms. The maximum absolute atomic E-state index is 12.5. The zero-order valence-corrected chi connectivity index (χ0v) is 11.0. The number of benzene rings is 1. The number of nitrogens with two attached hydrogens (primary N) is 1. The summed E-state index contributed by atoms with van der Waals surface area (Å²) in [6.45, 7) is 0. The molecule has 1 aromatic carbocycles. The number of hydrogen-bond acceptors (Lipinski definition) is 4. The number of aromatic nitrogens is 2. The molecule has 1 heterocycles. The lowest BCUT2D eigenvalue weighted by molar-refractivity contribution is -0.137. The second kappa shape index (κ2) is 4.87. The molecular formula is C11H7F3N4O2S. The zero-order valence-electron chi connectivity index (χ0n) is 10.2. The van der Waals surface area contributed by atoms with Crippen molar-refractivity contribution < 1.29 is 21.6 Å². The van der Waals surface area contributed by atoms with Gasteiger partial charge in [0.15, 0.2) is 5.03 Å². The van der Waals surface area contributed by atoms with Crippen LogP contribution in [0.1, 0.15) is 11.1 Å². The van der Waals surface area contributed by atoms with E-state index in [1.807, 2.05) is 0 Å². The van der Waals surface area contributed by atoms with Gasteiger partial charge in [-0.3, -0.25) is 0 Å². The first-order valence-corrected chi connectivity index (χ1v) is 6.88. The highest BCUT2D eigenvalue weighted by atomic mass is 32.2. The molecule has 0 atom stereocenters. The number of rotatable bonds is 2. The Bertz CT molecular complexity index is 817. The molecule has 0 bridgehead atoms. The van der Waals surface area contributed by atoms with Crippen molar-refractivity contribution >= 4 is 10.0 Å². The van der Waals surface area contributed by atoms with Crippen LogP contribution < -0.4 is 5.14 Å². The Morgan fingerprint density at radius 1 is 1.24 bits per heavy atom. The van der Waals surface area contributed by atoms with Crippen molar-refractivity contribution in [2.24, 2.45) is 5.14 Å². The average Bonchev–Trinajstić information content (AvgIpc) is 2.81. The number of sulfonamides is 1. The predicted octanol–water partition coefficient (Wildman–Crippen LogP) is 1.41. The fourth-order valence-electron chi connectivity index (χ4n) is 1.66. The van der Waals surface area contributed by atoms with Crippen molar-refractivity contribution in [3.8, 4) is 11.8 Å². The van der Waals surface area contributed by atoms with Gasteiger partial charge in [0.1, 0.15) is 11.6 Å². The number of alkyl halides is 3. The molecule has 2 aromatic rings. The molecular weight excluding hydrogens is 309 g/mol. The van der Waals surface area contributed by atoms with Gasteiger partial charge in [0.25, 0.3) is 10.0 Å². The molecule has 6 nitrogen and oxygen atoms in total. The Morgan fingerprint density at radius 3 is 2.24 bits per heavy atom. The van der Waals surface area contributed by atoms with Gasteiger partial charge >= 0.3 is 6.18 Å². The van der Waals surface area contributed by atoms with E-state index in [1.54, 1.807) is 6.07 Å². The van der Waals surface area contributed by atoms with Crippen molar-refractivity contribution in [2.45, 2.75) is 11.2 Å². The number of nitrogens with zero attached hydrogens (tertiary/aromatic N) is 3. The predicted molar refractivity (Wildman–Crippen MR) is 64.7 cm³/mol. The van der Waals surface area contributed by atoms with Crippen LogP contribution in [-0.4, -0.2) is 18.2 Å². The van der Waals surface area contributed by atoms with Crippen molar-refractivity contribution in [3.05, 3.63) is 41.6 Å². The molecule has 2 N–H and O–H groups in total. The summed E-state index contributed by atoms with van der Waals surface area (Å²) in [5.74, 6) is 0. The Hall–Kier alpha value is -2.38. The van der Waals surface area contributed by atoms with E-state index in [0.717, 1.165) is 35.1 Å². The number of hydrogen-bond donors (Lipinski definition) is 1. The number of nitriles is 1. The minimum absolute atomic E-state index is 0.0357. The maximum atomic E-state index is 12.5. The van der Waals surface area contributed by atoms with E-state index in [1.165, 1.54) is 0 Å². The average molecular weight is 316 g/mol. The highest BCUT2D eigenvalue weighted by molar-refractivity contribution is 7.89. The maximum Gasteiger partial charge on any atom is 0.416 e. The van der Waals surface area contributed by atoms with Gasteiger partial charge in [-0.25, -0.2) is 18.2 Å². The summed E-state index contributed by atoms with van der Waals surface area (Å²) < 4.78 is 61.2. The van der Waals surface area contributed by atoms with Gasteiger partial charge in [0.2, 0.25) is 0 Å². The van der Waals surface area contributed by atoms with Crippen LogP contribution in [0.2, 0.25) is 0 Å². The summed E-state index contributed by atoms with van der Waals surface area (Å²) in [6, 6.07) is 5.22. The topological polar surface area (TPSA) is 102 Å². The molecule has 0 saturated heterocycles. The Morgan fingerprint density at radius 2 is 1.81 bits per heavy atom. The second-order valence-corrected chi connectivity index (χ2v) is 5.45. The summed E-state index contributed by atoms with van der Waals surface area (Å²) >= 11 is 0. The van der Waals surface area contributed by atoms with Crippen molar-refractivity contribution in [1.29, 1.82) is 5.26 Å². The van der Waals surface area contributed by atoms with E-state index in [2.05, 4.69) is 5.10 Å². The third-order valence-corrected chi connectivity index (χ3v) is 3.49. The molecule has 2 rings (SSSR count). The lowest BCUT2D eigenvalue weighted by Gasteiger charge is -2.09. The summed E-state index contributed by atoms with van der Waals surface area (Å²) in [5.41, 5.74) is -1.15. The molecule has 0 radical (unpaired) electrons. The van der Waals surface area contributed by atoms with Gasteiger partial charge in [0.05, 0.1) is 17.4 Å². The van der Waals surface area contributed by atoms with Crippen LogP contribution in [0.4, 0.5) is 13.2 Å². The van der Waals surface area contributed by atoms with Gasteiger partial charge < -0.3 is 0 Å². The van der Waals surface area contributed by atoms with Crippen molar-refractivity contribution in [2.75, 3.05) is 0 Å². The third-order valence-electron chi connectivity index (χ3n) is 2.55. The van der Waals surface area contributed by atoms with E-state index in [4.69, 9.17) is 10.4 Å². The fourth-order valence-corrected chi connectivity index (χ4v) is 2.46. The minimum Gasteiger partial charge on any atom is -0.223 e. The highest BCUT2D eigenvalue weighted by Crippen LogP contribution is 2.30. The SMILES string of the molecule is N#Cc1cnn(-c2ccc(C(F)(F)F)cc2)c1S(N)(=O)=O. The lowest BCUT2D eigenvalue weighted by Crippen LogP contribution is -2.18. The van der Waals surface area contributed by atoms with Gasteiger partial charge in [-0.05, 0) is 24.3 Å². The normalized spacial score (nSPS) is 12.1. The lowest BCUT2D eigenvalue weighted by atomic mass is 10.2. The van der Waals surface area contributed by atoms with Crippen LogP contribution in [0, 0.1) is 11.3 Å². The molecule has 0 aliphatic rings. The van der Waals surface area contributed by atoms with Crippen LogP contribution in [0.15, 0.2) is 35.5 Å². The first-order valence-electron chi connectivity index (χ1n) is 5.33. The number of primary sulfonamides is 1. The van der Waals surface area contributed by atoms with Gasteiger partial charge in [-0.1, -0.05) is 0 Å². The molecule has 0 unspecified atom stereocenters. The van der Waals surface area contributed by atoms with E-state index >= 15 is 0 Å². The Labute approximate surface area is 117 Å². The molecule has 10 heteroatoms. The summed E-state index contributed by atoms with van der Waals surface area (Å²) in [5, 5.41) is 16.9. The molecule has 1 aromatic heterocycles. The molecule has 0 saturated carbocycles. The van der Waals surface area contributed by atoms with Gasteiger partial charge in [-0.15, -0.1) is 0 Å². The van der Waals surface area contributed by atoms with E-state index < -0.39 is 26.8 Å². The second-order valence-electron chi connectivity index (χ2n) is 3.98. The summed E-state index contributed by atoms with van der Waals surface area (Å²) in [4.78, 5) is 0. The van der Waals surface area contributed by atoms with E-state index in [-0.39, 0.29) is 11.3 Å². The van der Waals surface area contributed by atoms with Crippen molar-refractivity contribution in [1.82, 2.24) is 9.78 Å². The Balaban J connectivity index is 2.59. The highest BCUT2D eigenvalue weighted by Gasteiger charge is 2.30. The number of halogens is 3. The fraction of sp³-hybridized carbons (Fsp3) is 0.0909. The molecule has 0 aliphatic carbocycles. The largest absolute Gasteiger partial charge is 0.416 e. The molecule has 0 amide bonds. The first kappa shape index (κ1) is 15.0. The van der Waals surface area contributed by atoms with E-state index in [9.17, 15) is 21.6 Å². The van der Waals surface area contributed by atoms with Crippen LogP contribution >= 0.6 is 0 Å². The van der Waals surface area contributed by atoms with Crippen LogP contribution in [0.3, 0.4) is 0 Å². The van der Waals surface area contributed by atoms with Crippen LogP contribution in [-0.2, 0) is 16.2 Å². The molecule has 0 fully saturated rings. The summed E-state index contributed by atoms with van der Waals surface area (Å²) in [6.07, 6.45) is -3.54. The van der Waals surface area contributed by atoms with Crippen molar-refractivity contribution in [3.63, 3.8) is 0 Å². The molecule has 0 aliphatic heterocycles. The Kier molecular flexibility index (Phi) is 3.48. The van der Waals surface area contributed by atoms with Crippen LogP contribution in [0.25, 0.3) is 5.69 Å². The molecule has 0 spiro atoms. The quantitative estimate of drug-likeness (QED) is 0.905. The van der Waals surface area contributed by atoms with Gasteiger partial charge in [-0.2, -0.15) is 23.5 Å². The monoisotopic (exact) mass is 316 g/mol. The zero-order chi connectivity index (χ0) is 15.8. The minimum atomic E-state index is -4.51. The smallest absolute Gasteiger partial charge is 0.223 e. The first-order chi connectivity index (χ1) is 9.64. The molecule has 110 valence electrons.